The van der Waals surface area contributed by atoms with Gasteiger partial charge >= 0.3 is 7.48 Å². The summed E-state index contributed by atoms with van der Waals surface area (Å²) in [6.07, 6.45) is 0. The fraction of sp³-hybridized carbons (Fsp3) is 0.500. The van der Waals surface area contributed by atoms with Crippen LogP contribution in [0.25, 0.3) is 0 Å². The van der Waals surface area contributed by atoms with E-state index in [-0.39, 0.29) is 16.5 Å². The molecular weight excluding hydrogens is 218 g/mol. The number of phenols is 1. The van der Waals surface area contributed by atoms with Crippen molar-refractivity contribution in [2.75, 3.05) is 0 Å². The number of hydrogen-bond donors (Lipinski definition) is 1. The number of benzene rings is 1. The lowest BCUT2D eigenvalue weighted by atomic mass is 9.84. The minimum Gasteiger partial charge on any atom is -0.508 e. The molecule has 2 nitrogen and oxygen atoms in total. The van der Waals surface area contributed by atoms with Crippen molar-refractivity contribution in [3.63, 3.8) is 0 Å². The molecule has 0 aliphatic rings. The summed E-state index contributed by atoms with van der Waals surface area (Å²) < 4.78 is 5.78. The molecule has 1 rings (SSSR count). The summed E-state index contributed by atoms with van der Waals surface area (Å²) in [6, 6.07) is 7.00. The number of rotatable bonds is 4. The highest BCUT2D eigenvalue weighted by Gasteiger charge is 2.33. The monoisotopic (exact) mass is 237 g/mol. The zero-order chi connectivity index (χ0) is 12.4. The first-order chi connectivity index (χ1) is 7.22. The Morgan fingerprint density at radius 3 is 2.38 bits per heavy atom. The minimum absolute atomic E-state index is 0.0275. The van der Waals surface area contributed by atoms with E-state index in [0.29, 0.717) is 0 Å². The molecule has 1 N–H and O–H groups in total. The summed E-state index contributed by atoms with van der Waals surface area (Å²) in [6.45, 7) is 8.29. The molecule has 1 radical (unpaired) electrons. The molecule has 0 aromatic heterocycles. The Morgan fingerprint density at radius 2 is 1.88 bits per heavy atom. The predicted molar refractivity (Wildman–Crippen MR) is 72.4 cm³/mol. The molecule has 1 aromatic carbocycles. The van der Waals surface area contributed by atoms with E-state index in [0.717, 1.165) is 5.46 Å². The molecule has 0 bridgehead atoms. The highest BCUT2D eigenvalue weighted by atomic mass is 31.0. The third-order valence-electron chi connectivity index (χ3n) is 2.91. The van der Waals surface area contributed by atoms with E-state index in [1.807, 2.05) is 19.9 Å². The van der Waals surface area contributed by atoms with Crippen LogP contribution in [-0.4, -0.2) is 23.3 Å². The smallest absolute Gasteiger partial charge is 0.330 e. The summed E-state index contributed by atoms with van der Waals surface area (Å²) in [7, 11) is 4.47. The van der Waals surface area contributed by atoms with Crippen LogP contribution >= 0.6 is 9.24 Å². The van der Waals surface area contributed by atoms with Gasteiger partial charge in [-0.05, 0) is 31.4 Å². The van der Waals surface area contributed by atoms with Crippen molar-refractivity contribution < 1.29 is 9.76 Å². The van der Waals surface area contributed by atoms with E-state index >= 15 is 0 Å². The lowest BCUT2D eigenvalue weighted by molar-refractivity contribution is 0.0841. The quantitative estimate of drug-likeness (QED) is 0.641. The molecule has 0 heterocycles. The molecule has 1 aromatic rings. The van der Waals surface area contributed by atoms with Crippen LogP contribution in [0, 0.1) is 0 Å². The van der Waals surface area contributed by atoms with E-state index in [1.165, 1.54) is 0 Å². The molecule has 4 heteroatoms. The minimum atomic E-state index is -0.289. The fourth-order valence-electron chi connectivity index (χ4n) is 0.965. The third-order valence-corrected chi connectivity index (χ3v) is 3.61. The van der Waals surface area contributed by atoms with Crippen LogP contribution < -0.4 is 5.46 Å². The highest BCUT2D eigenvalue weighted by molar-refractivity contribution is 7.19. The molecule has 0 aliphatic heterocycles. The van der Waals surface area contributed by atoms with E-state index in [2.05, 4.69) is 23.1 Å². The molecular formula is C12H19BO2P. The van der Waals surface area contributed by atoms with Crippen molar-refractivity contribution in [3.05, 3.63) is 24.3 Å². The van der Waals surface area contributed by atoms with Crippen LogP contribution in [0.15, 0.2) is 24.3 Å². The SMILES string of the molecule is CC(C)(P)C(C)(C)O[B]c1cccc(O)c1. The topological polar surface area (TPSA) is 29.5 Å². The van der Waals surface area contributed by atoms with Crippen LogP contribution in [0.1, 0.15) is 27.7 Å². The second-order valence-corrected chi connectivity index (χ2v) is 6.51. The van der Waals surface area contributed by atoms with Gasteiger partial charge in [0, 0.05) is 5.16 Å². The zero-order valence-electron chi connectivity index (χ0n) is 10.3. The maximum atomic E-state index is 9.32. The summed E-state index contributed by atoms with van der Waals surface area (Å²) >= 11 is 0. The Labute approximate surface area is 101 Å². The summed E-state index contributed by atoms with van der Waals surface area (Å²) in [4.78, 5) is 0. The Kier molecular flexibility index (Phi) is 4.04. The average Bonchev–Trinajstić information content (AvgIpc) is 2.13. The van der Waals surface area contributed by atoms with Crippen molar-refractivity contribution in [1.82, 2.24) is 0 Å². The van der Waals surface area contributed by atoms with Gasteiger partial charge in [-0.1, -0.05) is 26.0 Å². The van der Waals surface area contributed by atoms with Crippen LogP contribution in [0.2, 0.25) is 0 Å². The van der Waals surface area contributed by atoms with E-state index in [4.69, 9.17) is 4.65 Å². The fourth-order valence-corrected chi connectivity index (χ4v) is 1.03. The third kappa shape index (κ3) is 3.50. The van der Waals surface area contributed by atoms with Gasteiger partial charge < -0.3 is 9.76 Å². The van der Waals surface area contributed by atoms with Crippen LogP contribution in [0.3, 0.4) is 0 Å². The molecule has 1 atom stereocenters. The molecule has 0 fully saturated rings. The lowest BCUT2D eigenvalue weighted by Gasteiger charge is -2.39. The molecule has 1 unspecified atom stereocenters. The predicted octanol–water partition coefficient (Wildman–Crippen LogP) is 2.09. The molecule has 0 aliphatic carbocycles. The second-order valence-electron chi connectivity index (χ2n) is 5.06. The first-order valence-electron chi connectivity index (χ1n) is 5.31. The Bertz CT molecular complexity index is 358. The van der Waals surface area contributed by atoms with Gasteiger partial charge in [0.2, 0.25) is 0 Å². The van der Waals surface area contributed by atoms with Crippen LogP contribution in [0.4, 0.5) is 0 Å². The van der Waals surface area contributed by atoms with Crippen LogP contribution in [0.5, 0.6) is 5.75 Å². The number of phenolic OH excluding ortho intramolecular Hbond substituents is 1. The van der Waals surface area contributed by atoms with E-state index in [9.17, 15) is 5.11 Å². The maximum Gasteiger partial charge on any atom is 0.330 e. The first kappa shape index (κ1) is 13.5. The van der Waals surface area contributed by atoms with Gasteiger partial charge in [-0.25, -0.2) is 0 Å². The number of hydrogen-bond acceptors (Lipinski definition) is 2. The van der Waals surface area contributed by atoms with Crippen molar-refractivity contribution >= 4 is 22.2 Å². The Morgan fingerprint density at radius 1 is 1.25 bits per heavy atom. The lowest BCUT2D eigenvalue weighted by Crippen LogP contribution is -2.45. The van der Waals surface area contributed by atoms with Gasteiger partial charge in [0.05, 0.1) is 5.60 Å². The van der Waals surface area contributed by atoms with Crippen molar-refractivity contribution in [1.29, 1.82) is 0 Å². The van der Waals surface area contributed by atoms with Gasteiger partial charge in [-0.15, -0.1) is 9.24 Å². The molecule has 0 saturated heterocycles. The van der Waals surface area contributed by atoms with Gasteiger partial charge in [-0.2, -0.15) is 0 Å². The zero-order valence-corrected chi connectivity index (χ0v) is 11.5. The van der Waals surface area contributed by atoms with Crippen molar-refractivity contribution in [2.24, 2.45) is 0 Å². The number of aromatic hydroxyl groups is 1. The molecule has 0 amide bonds. The second kappa shape index (κ2) is 4.77. The molecule has 0 spiro atoms. The van der Waals surface area contributed by atoms with E-state index < -0.39 is 0 Å². The largest absolute Gasteiger partial charge is 0.508 e. The van der Waals surface area contributed by atoms with Crippen molar-refractivity contribution in [3.8, 4) is 5.75 Å². The normalized spacial score (nSPS) is 12.6. The highest BCUT2D eigenvalue weighted by Crippen LogP contribution is 2.32. The average molecular weight is 237 g/mol. The van der Waals surface area contributed by atoms with Gasteiger partial charge in [0.15, 0.2) is 0 Å². The van der Waals surface area contributed by atoms with Crippen LogP contribution in [-0.2, 0) is 4.65 Å². The molecule has 0 saturated carbocycles. The van der Waals surface area contributed by atoms with Gasteiger partial charge in [0.25, 0.3) is 0 Å². The summed E-state index contributed by atoms with van der Waals surface area (Å²) in [5.41, 5.74) is 0.575. The van der Waals surface area contributed by atoms with Gasteiger partial charge in [-0.3, -0.25) is 0 Å². The summed E-state index contributed by atoms with van der Waals surface area (Å²) in [5.74, 6) is 0.250. The van der Waals surface area contributed by atoms with Crippen molar-refractivity contribution in [2.45, 2.75) is 38.5 Å². The Balaban J connectivity index is 2.65. The van der Waals surface area contributed by atoms with Gasteiger partial charge in [0.1, 0.15) is 5.75 Å². The maximum absolute atomic E-state index is 9.32. The summed E-state index contributed by atoms with van der Waals surface area (Å²) in [5, 5.41) is 9.30. The Hall–Kier alpha value is -0.525. The molecule has 16 heavy (non-hydrogen) atoms. The van der Waals surface area contributed by atoms with E-state index in [1.54, 1.807) is 25.7 Å². The first-order valence-corrected chi connectivity index (χ1v) is 5.89. The standard InChI is InChI=1S/C12H19BO2P/c1-11(2,12(3,4)16)15-13-9-6-5-7-10(14)8-9/h5-8,14H,16H2,1-4H3. The molecule has 87 valence electrons.